The van der Waals surface area contributed by atoms with Gasteiger partial charge in [-0.1, -0.05) is 17.7 Å². The van der Waals surface area contributed by atoms with Gasteiger partial charge >= 0.3 is 0 Å². The molecule has 2 rings (SSSR count). The molecule has 1 amide bonds. The average molecular weight is 369 g/mol. The van der Waals surface area contributed by atoms with Gasteiger partial charge in [0.25, 0.3) is 15.9 Å². The van der Waals surface area contributed by atoms with Crippen LogP contribution < -0.4 is 14.8 Å². The number of carbonyl (C=O) groups excluding carboxylic acids is 1. The van der Waals surface area contributed by atoms with Crippen molar-refractivity contribution in [2.45, 2.75) is 17.9 Å². The number of rotatable bonds is 6. The van der Waals surface area contributed by atoms with E-state index in [0.29, 0.717) is 16.5 Å². The summed E-state index contributed by atoms with van der Waals surface area (Å²) < 4.78 is 32.6. The number of hydrogen-bond donors (Lipinski definition) is 2. The first-order chi connectivity index (χ1) is 11.3. The molecule has 0 radical (unpaired) electrons. The van der Waals surface area contributed by atoms with Crippen molar-refractivity contribution in [3.63, 3.8) is 0 Å². The smallest absolute Gasteiger partial charge is 0.261 e. The first-order valence-electron chi connectivity index (χ1n) is 7.08. The van der Waals surface area contributed by atoms with Gasteiger partial charge in [0.05, 0.1) is 10.6 Å². The van der Waals surface area contributed by atoms with Gasteiger partial charge in [-0.3, -0.25) is 9.52 Å². The molecule has 0 spiro atoms. The number of benzene rings is 2. The zero-order valence-corrected chi connectivity index (χ0v) is 14.7. The molecule has 0 saturated carbocycles. The largest absolute Gasteiger partial charge is 0.481 e. The van der Waals surface area contributed by atoms with Gasteiger partial charge < -0.3 is 10.1 Å². The SMILES string of the molecule is CNC(=O)[C@H](C)Oc1ccc(S(=O)(=O)Nc2cccc(Cl)c2)cc1. The summed E-state index contributed by atoms with van der Waals surface area (Å²) in [7, 11) is -2.23. The van der Waals surface area contributed by atoms with Crippen LogP contribution in [0.25, 0.3) is 0 Å². The molecule has 2 aromatic rings. The molecule has 0 unspecified atom stereocenters. The predicted octanol–water partition coefficient (Wildman–Crippen LogP) is 2.65. The van der Waals surface area contributed by atoms with Crippen molar-refractivity contribution in [3.05, 3.63) is 53.6 Å². The maximum absolute atomic E-state index is 12.3. The quantitative estimate of drug-likeness (QED) is 0.820. The first-order valence-corrected chi connectivity index (χ1v) is 8.94. The molecule has 2 aromatic carbocycles. The highest BCUT2D eigenvalue weighted by Gasteiger charge is 2.16. The predicted molar refractivity (Wildman–Crippen MR) is 92.9 cm³/mol. The van der Waals surface area contributed by atoms with Crippen LogP contribution in [0.15, 0.2) is 53.4 Å². The number of halogens is 1. The van der Waals surface area contributed by atoms with Crippen LogP contribution in [-0.4, -0.2) is 27.5 Å². The molecule has 0 aromatic heterocycles. The molecule has 128 valence electrons. The number of hydrogen-bond acceptors (Lipinski definition) is 4. The number of carbonyl (C=O) groups is 1. The Kier molecular flexibility index (Phi) is 5.69. The Bertz CT molecular complexity index is 822. The van der Waals surface area contributed by atoms with Crippen molar-refractivity contribution in [2.75, 3.05) is 11.8 Å². The van der Waals surface area contributed by atoms with Crippen molar-refractivity contribution in [2.24, 2.45) is 0 Å². The summed E-state index contributed by atoms with van der Waals surface area (Å²) in [5.41, 5.74) is 0.371. The van der Waals surface area contributed by atoms with E-state index in [0.717, 1.165) is 0 Å². The molecule has 0 saturated heterocycles. The zero-order chi connectivity index (χ0) is 17.7. The summed E-state index contributed by atoms with van der Waals surface area (Å²) in [6, 6.07) is 12.2. The van der Waals surface area contributed by atoms with E-state index >= 15 is 0 Å². The highest BCUT2D eigenvalue weighted by Crippen LogP contribution is 2.21. The number of nitrogens with one attached hydrogen (secondary N) is 2. The highest BCUT2D eigenvalue weighted by atomic mass is 35.5. The number of amides is 1. The van der Waals surface area contributed by atoms with E-state index in [1.807, 2.05) is 0 Å². The second-order valence-electron chi connectivity index (χ2n) is 4.96. The van der Waals surface area contributed by atoms with Crippen molar-refractivity contribution in [1.29, 1.82) is 0 Å². The lowest BCUT2D eigenvalue weighted by atomic mass is 10.3. The monoisotopic (exact) mass is 368 g/mol. The van der Waals surface area contributed by atoms with Crippen LogP contribution in [0.1, 0.15) is 6.92 Å². The fourth-order valence-corrected chi connectivity index (χ4v) is 3.16. The molecule has 2 N–H and O–H groups in total. The van der Waals surface area contributed by atoms with Crippen LogP contribution in [0.2, 0.25) is 5.02 Å². The van der Waals surface area contributed by atoms with Gasteiger partial charge in [0.15, 0.2) is 6.10 Å². The topological polar surface area (TPSA) is 84.5 Å². The molecule has 0 heterocycles. The van der Waals surface area contributed by atoms with Gasteiger partial charge in [-0.25, -0.2) is 8.42 Å². The van der Waals surface area contributed by atoms with E-state index in [-0.39, 0.29) is 10.8 Å². The molecule has 0 bridgehead atoms. The van der Waals surface area contributed by atoms with Gasteiger partial charge in [-0.05, 0) is 49.4 Å². The summed E-state index contributed by atoms with van der Waals surface area (Å²) in [5.74, 6) is 0.127. The summed E-state index contributed by atoms with van der Waals surface area (Å²) in [6.45, 7) is 1.60. The van der Waals surface area contributed by atoms with E-state index in [9.17, 15) is 13.2 Å². The molecular formula is C16H17ClN2O4S. The average Bonchev–Trinajstić information content (AvgIpc) is 2.54. The van der Waals surface area contributed by atoms with Crippen LogP contribution in [0.3, 0.4) is 0 Å². The van der Waals surface area contributed by atoms with E-state index in [4.69, 9.17) is 16.3 Å². The van der Waals surface area contributed by atoms with Gasteiger partial charge in [0.2, 0.25) is 0 Å². The molecule has 6 nitrogen and oxygen atoms in total. The molecule has 0 aliphatic rings. The number of anilines is 1. The van der Waals surface area contributed by atoms with E-state index in [1.165, 1.54) is 37.4 Å². The van der Waals surface area contributed by atoms with Crippen LogP contribution in [-0.2, 0) is 14.8 Å². The third-order valence-electron chi connectivity index (χ3n) is 3.14. The Hall–Kier alpha value is -2.25. The summed E-state index contributed by atoms with van der Waals surface area (Å²) in [4.78, 5) is 11.5. The lowest BCUT2D eigenvalue weighted by molar-refractivity contribution is -0.126. The maximum atomic E-state index is 12.3. The van der Waals surface area contributed by atoms with Crippen molar-refractivity contribution in [1.82, 2.24) is 5.32 Å². The lowest BCUT2D eigenvalue weighted by Crippen LogP contribution is -2.33. The van der Waals surface area contributed by atoms with Crippen LogP contribution in [0.4, 0.5) is 5.69 Å². The lowest BCUT2D eigenvalue weighted by Gasteiger charge is -2.13. The molecule has 0 aliphatic carbocycles. The number of ether oxygens (including phenoxy) is 1. The minimum Gasteiger partial charge on any atom is -0.481 e. The zero-order valence-electron chi connectivity index (χ0n) is 13.1. The van der Waals surface area contributed by atoms with Crippen LogP contribution in [0, 0.1) is 0 Å². The Morgan fingerprint density at radius 1 is 1.17 bits per heavy atom. The Labute approximate surface area is 145 Å². The van der Waals surface area contributed by atoms with Crippen LogP contribution in [0.5, 0.6) is 5.75 Å². The van der Waals surface area contributed by atoms with E-state index in [2.05, 4.69) is 10.0 Å². The maximum Gasteiger partial charge on any atom is 0.261 e. The minimum absolute atomic E-state index is 0.0717. The first kappa shape index (κ1) is 18.1. The van der Waals surface area contributed by atoms with Crippen molar-refractivity contribution in [3.8, 4) is 5.75 Å². The Balaban J connectivity index is 2.13. The highest BCUT2D eigenvalue weighted by molar-refractivity contribution is 7.92. The molecule has 1 atom stereocenters. The standard InChI is InChI=1S/C16H17ClN2O4S/c1-11(16(20)18-2)23-14-6-8-15(9-7-14)24(21,22)19-13-5-3-4-12(17)10-13/h3-11,19H,1-2H3,(H,18,20)/t11-/m0/s1. The molecule has 24 heavy (non-hydrogen) atoms. The third kappa shape index (κ3) is 4.62. The summed E-state index contributed by atoms with van der Waals surface area (Å²) in [5, 5.41) is 2.90. The summed E-state index contributed by atoms with van der Waals surface area (Å²) in [6.07, 6.45) is -0.679. The summed E-state index contributed by atoms with van der Waals surface area (Å²) >= 11 is 5.84. The second kappa shape index (κ2) is 7.55. The fourth-order valence-electron chi connectivity index (χ4n) is 1.92. The van der Waals surface area contributed by atoms with Crippen molar-refractivity contribution >= 4 is 33.2 Å². The molecule has 8 heteroatoms. The normalized spacial score (nSPS) is 12.3. The van der Waals surface area contributed by atoms with Gasteiger partial charge in [-0.2, -0.15) is 0 Å². The van der Waals surface area contributed by atoms with E-state index in [1.54, 1.807) is 25.1 Å². The second-order valence-corrected chi connectivity index (χ2v) is 7.08. The van der Waals surface area contributed by atoms with Crippen LogP contribution >= 0.6 is 11.6 Å². The Morgan fingerprint density at radius 2 is 1.83 bits per heavy atom. The Morgan fingerprint density at radius 3 is 2.42 bits per heavy atom. The van der Waals surface area contributed by atoms with E-state index < -0.39 is 16.1 Å². The van der Waals surface area contributed by atoms with Gasteiger partial charge in [0, 0.05) is 12.1 Å². The third-order valence-corrected chi connectivity index (χ3v) is 4.77. The molecule has 0 aliphatic heterocycles. The fraction of sp³-hybridized carbons (Fsp3) is 0.188. The molecular weight excluding hydrogens is 352 g/mol. The molecule has 0 fully saturated rings. The number of sulfonamides is 1. The van der Waals surface area contributed by atoms with Gasteiger partial charge in [0.1, 0.15) is 5.75 Å². The van der Waals surface area contributed by atoms with Crippen molar-refractivity contribution < 1.29 is 17.9 Å². The van der Waals surface area contributed by atoms with Gasteiger partial charge in [-0.15, -0.1) is 0 Å². The minimum atomic E-state index is -3.74. The number of likely N-dealkylation sites (N-methyl/N-ethyl adjacent to an activating group) is 1.